The summed E-state index contributed by atoms with van der Waals surface area (Å²) in [7, 11) is -7.68. The van der Waals surface area contributed by atoms with Gasteiger partial charge >= 0.3 is 21.2 Å². The fraction of sp³-hybridized carbons (Fsp3) is 0.938. The highest BCUT2D eigenvalue weighted by Gasteiger charge is 2.50. The van der Waals surface area contributed by atoms with E-state index in [9.17, 15) is 13.9 Å². The molecule has 0 saturated heterocycles. The number of carbonyl (C=O) groups is 1. The van der Waals surface area contributed by atoms with Crippen molar-refractivity contribution in [3.05, 3.63) is 0 Å². The first-order chi connectivity index (χ1) is 12.0. The summed E-state index contributed by atoms with van der Waals surface area (Å²) in [5, 5.41) is -1.21. The summed E-state index contributed by atoms with van der Waals surface area (Å²) >= 11 is 0. The summed E-state index contributed by atoms with van der Waals surface area (Å²) in [6.07, 6.45) is -0.181. The Hall–Kier alpha value is -0.230. The first-order valence-electron chi connectivity index (χ1n) is 8.97. The van der Waals surface area contributed by atoms with Gasteiger partial charge in [-0.15, -0.1) is 0 Å². The normalized spacial score (nSPS) is 13.2. The van der Waals surface area contributed by atoms with Crippen LogP contribution in [-0.4, -0.2) is 43.4 Å². The summed E-state index contributed by atoms with van der Waals surface area (Å²) in [6, 6.07) is 0. The van der Waals surface area contributed by atoms with Gasteiger partial charge in [0.2, 0.25) is 0 Å². The molecule has 0 heterocycles. The van der Waals surface area contributed by atoms with Gasteiger partial charge in [-0.05, 0) is 54.9 Å². The highest BCUT2D eigenvalue weighted by atomic mass is 31.2. The Kier molecular flexibility index (Phi) is 11.5. The van der Waals surface area contributed by atoms with E-state index in [2.05, 4.69) is 0 Å². The maximum Gasteiger partial charge on any atom is 0.345 e. The third-order valence-corrected chi connectivity index (χ3v) is 9.14. The minimum Gasteiger partial charge on any atom is -0.460 e. The molecule has 0 amide bonds. The molecule has 0 aliphatic rings. The Labute approximate surface area is 157 Å². The maximum absolute atomic E-state index is 13.3. The molecule has 0 aromatic rings. The van der Waals surface area contributed by atoms with Crippen molar-refractivity contribution in [1.29, 1.82) is 0 Å². The zero-order valence-corrected chi connectivity index (χ0v) is 18.8. The lowest BCUT2D eigenvalue weighted by atomic mass is 10.2. The lowest BCUT2D eigenvalue weighted by molar-refractivity contribution is -0.154. The van der Waals surface area contributed by atoms with Gasteiger partial charge in [0.1, 0.15) is 5.60 Å². The largest absolute Gasteiger partial charge is 0.460 e. The lowest BCUT2D eigenvalue weighted by Crippen LogP contribution is -2.25. The monoisotopic (exact) mass is 416 g/mol. The van der Waals surface area contributed by atoms with E-state index in [0.29, 0.717) is 0 Å². The van der Waals surface area contributed by atoms with Crippen molar-refractivity contribution in [2.75, 3.05) is 26.4 Å². The molecular weight excluding hydrogens is 382 g/mol. The minimum absolute atomic E-state index is 0.0660. The van der Waals surface area contributed by atoms with Crippen LogP contribution in [-0.2, 0) is 36.8 Å². The molecule has 0 aromatic carbocycles. The van der Waals surface area contributed by atoms with Gasteiger partial charge in [-0.25, -0.2) is 0 Å². The van der Waals surface area contributed by atoms with E-state index >= 15 is 0 Å². The highest BCUT2D eigenvalue weighted by molar-refractivity contribution is 7.72. The summed E-state index contributed by atoms with van der Waals surface area (Å²) in [5.41, 5.74) is -0.653. The van der Waals surface area contributed by atoms with Gasteiger partial charge in [0.15, 0.2) is 5.40 Å². The highest BCUT2D eigenvalue weighted by Crippen LogP contribution is 2.71. The second-order valence-corrected chi connectivity index (χ2v) is 11.2. The van der Waals surface area contributed by atoms with Gasteiger partial charge in [-0.3, -0.25) is 13.9 Å². The van der Waals surface area contributed by atoms with Gasteiger partial charge < -0.3 is 22.8 Å². The second-order valence-electron chi connectivity index (χ2n) is 6.36. The standard InChI is InChI=1S/C16H34O8P2/c1-8-20-25(18,21-9-2)15(26(19,22-10-3)23-11-4)13-12-14(17)24-16(5,6)7/h15H,8-13H2,1-7H3. The van der Waals surface area contributed by atoms with E-state index in [1.54, 1.807) is 48.5 Å². The molecule has 0 saturated carbocycles. The Morgan fingerprint density at radius 1 is 0.808 bits per heavy atom. The molecule has 0 unspecified atom stereocenters. The van der Waals surface area contributed by atoms with Gasteiger partial charge in [-0.1, -0.05) is 0 Å². The zero-order chi connectivity index (χ0) is 20.4. The number of hydrogen-bond donors (Lipinski definition) is 0. The van der Waals surface area contributed by atoms with Crippen LogP contribution in [0.3, 0.4) is 0 Å². The van der Waals surface area contributed by atoms with Crippen LogP contribution in [0.1, 0.15) is 61.3 Å². The minimum atomic E-state index is -3.84. The van der Waals surface area contributed by atoms with Crippen molar-refractivity contribution >= 4 is 21.2 Å². The fourth-order valence-corrected chi connectivity index (χ4v) is 7.62. The third-order valence-electron chi connectivity index (χ3n) is 2.99. The van der Waals surface area contributed by atoms with Gasteiger partial charge in [-0.2, -0.15) is 0 Å². The summed E-state index contributed by atoms with van der Waals surface area (Å²) in [6.45, 7) is 12.3. The third kappa shape index (κ3) is 8.64. The first-order valence-corrected chi connectivity index (χ1v) is 12.2. The van der Waals surface area contributed by atoms with Gasteiger partial charge in [0.25, 0.3) is 0 Å². The van der Waals surface area contributed by atoms with Crippen LogP contribution in [0.4, 0.5) is 0 Å². The smallest absolute Gasteiger partial charge is 0.345 e. The Balaban J connectivity index is 5.68. The Bertz CT molecular complexity index is 465. The molecule has 0 aromatic heterocycles. The van der Waals surface area contributed by atoms with Crippen molar-refractivity contribution in [1.82, 2.24) is 0 Å². The molecule has 0 radical (unpaired) electrons. The fourth-order valence-electron chi connectivity index (χ4n) is 2.27. The van der Waals surface area contributed by atoms with E-state index < -0.39 is 32.2 Å². The van der Waals surface area contributed by atoms with Crippen LogP contribution >= 0.6 is 15.2 Å². The van der Waals surface area contributed by atoms with Crippen LogP contribution in [0.2, 0.25) is 0 Å². The number of hydrogen-bond acceptors (Lipinski definition) is 8. The predicted molar refractivity (Wildman–Crippen MR) is 101 cm³/mol. The Morgan fingerprint density at radius 2 is 1.15 bits per heavy atom. The first kappa shape index (κ1) is 25.8. The predicted octanol–water partition coefficient (Wildman–Crippen LogP) is 4.97. The summed E-state index contributed by atoms with van der Waals surface area (Å²) in [4.78, 5) is 12.1. The number of rotatable bonds is 13. The topological polar surface area (TPSA) is 97.4 Å². The molecule has 10 heteroatoms. The molecule has 0 spiro atoms. The van der Waals surface area contributed by atoms with E-state index in [1.165, 1.54) is 0 Å². The van der Waals surface area contributed by atoms with Crippen molar-refractivity contribution in [3.8, 4) is 0 Å². The molecule has 8 nitrogen and oxygen atoms in total. The van der Waals surface area contributed by atoms with E-state index in [-0.39, 0.29) is 39.3 Å². The van der Waals surface area contributed by atoms with Crippen LogP contribution in [0.15, 0.2) is 0 Å². The Morgan fingerprint density at radius 3 is 1.42 bits per heavy atom. The molecule has 26 heavy (non-hydrogen) atoms. The molecular formula is C16H34O8P2. The second kappa shape index (κ2) is 11.6. The summed E-state index contributed by atoms with van der Waals surface area (Å²) in [5.74, 6) is -0.499. The van der Waals surface area contributed by atoms with Crippen LogP contribution in [0, 0.1) is 0 Å². The number of carbonyl (C=O) groups excluding carboxylic acids is 1. The molecule has 0 N–H and O–H groups in total. The SMILES string of the molecule is CCOP(=O)(OCC)C(CCC(=O)OC(C)(C)C)P(=O)(OCC)OCC. The van der Waals surface area contributed by atoms with Gasteiger partial charge in [0, 0.05) is 6.42 Å². The summed E-state index contributed by atoms with van der Waals surface area (Å²) < 4.78 is 53.2. The van der Waals surface area contributed by atoms with Crippen molar-refractivity contribution in [3.63, 3.8) is 0 Å². The van der Waals surface area contributed by atoms with Crippen molar-refractivity contribution < 1.29 is 36.8 Å². The number of esters is 1. The molecule has 156 valence electrons. The quantitative estimate of drug-likeness (QED) is 0.307. The molecule has 0 aliphatic carbocycles. The van der Waals surface area contributed by atoms with Crippen molar-refractivity contribution in [2.24, 2.45) is 0 Å². The molecule has 0 fully saturated rings. The van der Waals surface area contributed by atoms with Crippen LogP contribution < -0.4 is 0 Å². The van der Waals surface area contributed by atoms with Crippen molar-refractivity contribution in [2.45, 2.75) is 72.3 Å². The molecule has 0 bridgehead atoms. The average molecular weight is 416 g/mol. The van der Waals surface area contributed by atoms with Crippen LogP contribution in [0.25, 0.3) is 0 Å². The zero-order valence-electron chi connectivity index (χ0n) is 17.0. The molecule has 0 atom stereocenters. The number of ether oxygens (including phenoxy) is 1. The average Bonchev–Trinajstić information content (AvgIpc) is 2.46. The molecule has 0 rings (SSSR count). The maximum atomic E-state index is 13.3. The van der Waals surface area contributed by atoms with E-state index in [0.717, 1.165) is 0 Å². The lowest BCUT2D eigenvalue weighted by Gasteiger charge is -2.31. The van der Waals surface area contributed by atoms with Crippen LogP contribution in [0.5, 0.6) is 0 Å². The van der Waals surface area contributed by atoms with E-state index in [1.807, 2.05) is 0 Å². The molecule has 0 aliphatic heterocycles. The van der Waals surface area contributed by atoms with Gasteiger partial charge in [0.05, 0.1) is 26.4 Å². The van der Waals surface area contributed by atoms with E-state index in [4.69, 9.17) is 22.8 Å².